The van der Waals surface area contributed by atoms with Gasteiger partial charge in [-0.2, -0.15) is 9.97 Å². The number of halogens is 1. The first-order chi connectivity index (χ1) is 46.2. The van der Waals surface area contributed by atoms with Crippen molar-refractivity contribution in [2.24, 2.45) is 5.92 Å². The van der Waals surface area contributed by atoms with Crippen LogP contribution in [0.1, 0.15) is 128 Å². The van der Waals surface area contributed by atoms with Gasteiger partial charge in [-0.25, -0.2) is 19.0 Å². The second kappa shape index (κ2) is 27.3. The standard InChI is InChI=1S/C71H87FN12O11S/c1-10-44-13-11-14-47-29-52(93-40-90-9)31-53(59(44)47)61-60(72)62-54(33-73-61)64(81-34-48-19-20-49(35-81)84(48)69(89)94-70(6,7)8)77-67(76-62)92-38-71-22-12-24-83(71)50(21-23-71)37-91-68(88)80-27-25-79(26-28-80)57-32-56(95-78-57)58(41(2)3)66(87)82-36-51(85)30-55(82)65(86)75-42(4)45-15-17-46(18-16-45)63-43(5)74-39-96-63/h11,13-18,29,31-33,39,41-42,48-51,55,58,85H,10,12,19-28,30,34-38,40H2,1-9H3,(H,75,86)/t42-,48?,49?,50-,51+,55-,58+,71-/m0/s1. The van der Waals surface area contributed by atoms with Crippen molar-refractivity contribution in [2.75, 3.05) is 89.3 Å². The first-order valence-corrected chi connectivity index (χ1v) is 34.7. The van der Waals surface area contributed by atoms with Gasteiger partial charge in [-0.05, 0) is 132 Å². The summed E-state index contributed by atoms with van der Waals surface area (Å²) in [7, 11) is 1.55. The van der Waals surface area contributed by atoms with Crippen LogP contribution in [0.3, 0.4) is 0 Å². The average Bonchev–Trinajstić information content (AvgIpc) is 1.09. The lowest BCUT2D eigenvalue weighted by Gasteiger charge is -2.42. The highest BCUT2D eigenvalue weighted by Gasteiger charge is 2.51. The van der Waals surface area contributed by atoms with E-state index >= 15 is 4.39 Å². The zero-order chi connectivity index (χ0) is 67.3. The smallest absolute Gasteiger partial charge is 0.410 e. The number of carbonyl (C=O) groups excluding carboxylic acids is 4. The van der Waals surface area contributed by atoms with Gasteiger partial charge in [-0.3, -0.25) is 24.4 Å². The minimum Gasteiger partial charge on any atom is -0.468 e. The summed E-state index contributed by atoms with van der Waals surface area (Å²) in [5.74, 6) is -0.421. The molecule has 23 nitrogen and oxygen atoms in total. The molecule has 2 unspecified atom stereocenters. The predicted molar refractivity (Wildman–Crippen MR) is 361 cm³/mol. The van der Waals surface area contributed by atoms with Crippen LogP contribution in [0, 0.1) is 18.7 Å². The number of piperazine rings is 2. The number of aliphatic hydroxyl groups is 1. The molecule has 6 fully saturated rings. The number of aliphatic hydroxyl groups excluding tert-OH is 1. The summed E-state index contributed by atoms with van der Waals surface area (Å²) in [6.07, 6.45) is 5.71. The molecule has 0 spiro atoms. The zero-order valence-corrected chi connectivity index (χ0v) is 57.0. The number of pyridine rings is 1. The molecule has 10 heterocycles. The van der Waals surface area contributed by atoms with Gasteiger partial charge in [0.2, 0.25) is 11.8 Å². The van der Waals surface area contributed by atoms with E-state index in [4.69, 9.17) is 43.2 Å². The lowest BCUT2D eigenvalue weighted by atomic mass is 9.91. The van der Waals surface area contributed by atoms with Crippen molar-refractivity contribution in [2.45, 2.75) is 160 Å². The number of hydrogen-bond donors (Lipinski definition) is 2. The number of amides is 4. The van der Waals surface area contributed by atoms with E-state index in [-0.39, 0.29) is 98.2 Å². The molecule has 7 aromatic rings. The van der Waals surface area contributed by atoms with Crippen molar-refractivity contribution in [3.63, 3.8) is 0 Å². The normalized spacial score (nSPS) is 22.7. The molecular weight excluding hydrogens is 1250 g/mol. The van der Waals surface area contributed by atoms with Gasteiger partial charge in [0.25, 0.3) is 0 Å². The minimum absolute atomic E-state index is 0.00504. The van der Waals surface area contributed by atoms with Crippen molar-refractivity contribution in [1.82, 2.24) is 50.0 Å². The van der Waals surface area contributed by atoms with Crippen LogP contribution < -0.4 is 24.6 Å². The number of rotatable bonds is 19. The summed E-state index contributed by atoms with van der Waals surface area (Å²) in [5, 5.41) is 20.5. The Morgan fingerprint density at radius 2 is 1.67 bits per heavy atom. The lowest BCUT2D eigenvalue weighted by Crippen LogP contribution is -2.57. The van der Waals surface area contributed by atoms with E-state index in [1.807, 2.05) is 112 Å². The van der Waals surface area contributed by atoms with Crippen LogP contribution in [0.2, 0.25) is 0 Å². The van der Waals surface area contributed by atoms with Crippen LogP contribution >= 0.6 is 11.3 Å². The number of anilines is 2. The Hall–Kier alpha value is -8.26. The van der Waals surface area contributed by atoms with Crippen LogP contribution in [-0.4, -0.2) is 195 Å². The number of hydrogen-bond acceptors (Lipinski definition) is 20. The first-order valence-electron chi connectivity index (χ1n) is 33.8. The summed E-state index contributed by atoms with van der Waals surface area (Å²) in [6.45, 7) is 19.1. The molecule has 4 amide bonds. The lowest BCUT2D eigenvalue weighted by molar-refractivity contribution is -0.141. The number of benzene rings is 3. The molecule has 3 aromatic carbocycles. The Balaban J connectivity index is 0.658. The number of β-amino-alcohol motifs (C(OH)–C–C–N with tert-alkyl or cyclic N) is 1. The highest BCUT2D eigenvalue weighted by molar-refractivity contribution is 7.13. The maximum atomic E-state index is 17.9. The maximum absolute atomic E-state index is 17.9. The van der Waals surface area contributed by atoms with E-state index in [9.17, 15) is 24.3 Å². The number of nitrogens with zero attached hydrogens (tertiary/aromatic N) is 11. The number of methoxy groups -OCH3 is 1. The van der Waals surface area contributed by atoms with E-state index in [0.29, 0.717) is 79.8 Å². The van der Waals surface area contributed by atoms with Crippen LogP contribution in [0.5, 0.6) is 11.8 Å². The van der Waals surface area contributed by atoms with Gasteiger partial charge < -0.3 is 58.2 Å². The molecule has 0 radical (unpaired) electrons. The number of aryl methyl sites for hydroxylation is 2. The Labute approximate surface area is 562 Å². The number of ether oxygens (including phenoxy) is 5. The van der Waals surface area contributed by atoms with Gasteiger partial charge in [0.05, 0.1) is 51.2 Å². The van der Waals surface area contributed by atoms with Crippen LogP contribution in [0.25, 0.3) is 43.4 Å². The molecule has 510 valence electrons. The van der Waals surface area contributed by atoms with Gasteiger partial charge in [-0.15, -0.1) is 11.3 Å². The summed E-state index contributed by atoms with van der Waals surface area (Å²) < 4.78 is 53.8. The summed E-state index contributed by atoms with van der Waals surface area (Å²) in [5.41, 5.74) is 5.43. The number of likely N-dealkylation sites (tertiary alicyclic amines) is 1. The van der Waals surface area contributed by atoms with Crippen molar-refractivity contribution < 1.29 is 56.9 Å². The highest BCUT2D eigenvalue weighted by Crippen LogP contribution is 2.45. The van der Waals surface area contributed by atoms with E-state index in [0.717, 1.165) is 83.1 Å². The van der Waals surface area contributed by atoms with Crippen molar-refractivity contribution in [3.05, 3.63) is 101 Å². The summed E-state index contributed by atoms with van der Waals surface area (Å²) in [6, 6.07) is 17.9. The number of nitrogens with one attached hydrogen (secondary N) is 1. The van der Waals surface area contributed by atoms with Crippen LogP contribution in [0.15, 0.2) is 76.9 Å². The van der Waals surface area contributed by atoms with Gasteiger partial charge in [-0.1, -0.05) is 68.4 Å². The number of thiazole rings is 1. The maximum Gasteiger partial charge on any atom is 0.410 e. The van der Waals surface area contributed by atoms with E-state index in [1.165, 1.54) is 4.90 Å². The fourth-order valence-electron chi connectivity index (χ4n) is 15.4. The fourth-order valence-corrected chi connectivity index (χ4v) is 16.2. The molecular formula is C71H87FN12O11S. The molecule has 25 heteroatoms. The molecule has 8 atom stereocenters. The Kier molecular flexibility index (Phi) is 18.9. The second-order valence-corrected chi connectivity index (χ2v) is 28.8. The molecule has 0 saturated carbocycles. The third-order valence-corrected chi connectivity index (χ3v) is 21.2. The van der Waals surface area contributed by atoms with Gasteiger partial charge >= 0.3 is 18.2 Å². The quantitative estimate of drug-likeness (QED) is 0.0715. The van der Waals surface area contributed by atoms with Crippen molar-refractivity contribution in [1.29, 1.82) is 0 Å². The van der Waals surface area contributed by atoms with Gasteiger partial charge in [0, 0.05) is 83.2 Å². The van der Waals surface area contributed by atoms with E-state index < -0.39 is 41.1 Å². The predicted octanol–water partition coefficient (Wildman–Crippen LogP) is 10.5. The monoisotopic (exact) mass is 1330 g/mol. The number of aromatic nitrogens is 5. The Bertz CT molecular complexity index is 4010. The average molecular weight is 1340 g/mol. The molecule has 2 N–H and O–H groups in total. The van der Waals surface area contributed by atoms with Crippen LogP contribution in [0.4, 0.5) is 25.6 Å². The number of carbonyl (C=O) groups is 4. The SMILES string of the molecule is CCc1cccc2cc(OCOC)cc(-c3ncc4c(N5CC6CCC(C5)N6C(=O)OC(C)(C)C)nc(OC[C@@]56CCCN5[C@H](COC(=O)N5CCN(c7cc([C@H](C(=O)N8C[C@H](O)C[C@H]8C(=O)N[C@@H](C)c8ccc(-c9scnc9C)cc8)C(C)C)on7)CC5)CC6)nc4c3F)c12. The van der Waals surface area contributed by atoms with Crippen molar-refractivity contribution in [3.8, 4) is 33.5 Å². The minimum atomic E-state index is -0.877. The third kappa shape index (κ3) is 13.2. The third-order valence-electron chi connectivity index (χ3n) is 20.2. The van der Waals surface area contributed by atoms with E-state index in [1.54, 1.807) is 41.7 Å². The van der Waals surface area contributed by atoms with Gasteiger partial charge in [0.15, 0.2) is 24.2 Å². The molecule has 0 aliphatic carbocycles. The first kappa shape index (κ1) is 66.4. The Morgan fingerprint density at radius 3 is 2.38 bits per heavy atom. The molecule has 6 aliphatic heterocycles. The molecule has 6 aliphatic rings. The highest BCUT2D eigenvalue weighted by atomic mass is 32.1. The fraction of sp³-hybridized carbons (Fsp3) is 0.535. The summed E-state index contributed by atoms with van der Waals surface area (Å²) >= 11 is 1.58. The largest absolute Gasteiger partial charge is 0.468 e. The van der Waals surface area contributed by atoms with Crippen molar-refractivity contribution >= 4 is 68.6 Å². The van der Waals surface area contributed by atoms with Crippen LogP contribution in [-0.2, 0) is 30.2 Å². The zero-order valence-electron chi connectivity index (χ0n) is 56.2. The molecule has 13 rings (SSSR count). The topological polar surface area (TPSA) is 244 Å². The summed E-state index contributed by atoms with van der Waals surface area (Å²) in [4.78, 5) is 87.8. The van der Waals surface area contributed by atoms with E-state index in [2.05, 4.69) is 32.2 Å². The Morgan fingerprint density at radius 1 is 0.896 bits per heavy atom. The molecule has 6 saturated heterocycles. The van der Waals surface area contributed by atoms with Gasteiger partial charge in [0.1, 0.15) is 53.6 Å². The second-order valence-electron chi connectivity index (χ2n) is 28.0. The molecule has 2 bridgehead atoms. The molecule has 4 aromatic heterocycles. The number of fused-ring (bicyclic) bond motifs is 5. The molecule has 96 heavy (non-hydrogen) atoms.